The fourth-order valence-corrected chi connectivity index (χ4v) is 4.74. The van der Waals surface area contributed by atoms with Crippen molar-refractivity contribution in [1.82, 2.24) is 9.97 Å². The summed E-state index contributed by atoms with van der Waals surface area (Å²) in [5, 5.41) is 8.16. The number of nitrogens with one attached hydrogen (secondary N) is 1. The fourth-order valence-electron chi connectivity index (χ4n) is 4.09. The van der Waals surface area contributed by atoms with E-state index in [1.165, 1.54) is 19.1 Å². The zero-order valence-electron chi connectivity index (χ0n) is 20.8. The summed E-state index contributed by atoms with van der Waals surface area (Å²) in [7, 11) is 2.95. The third-order valence-corrected chi connectivity index (χ3v) is 6.46. The zero-order chi connectivity index (χ0) is 26.7. The van der Waals surface area contributed by atoms with Crippen LogP contribution in [-0.2, 0) is 13.1 Å². The Morgan fingerprint density at radius 2 is 1.86 bits per heavy atom. The Bertz CT molecular complexity index is 1360. The Kier molecular flexibility index (Phi) is 7.78. The molecule has 1 N–H and O–H groups in total. The maximum absolute atomic E-state index is 15.4. The predicted molar refractivity (Wildman–Crippen MR) is 141 cm³/mol. The van der Waals surface area contributed by atoms with E-state index in [0.717, 1.165) is 11.0 Å². The Balaban J connectivity index is 1.89. The largest absolute Gasteiger partial charge is 0.493 e. The summed E-state index contributed by atoms with van der Waals surface area (Å²) in [5.74, 6) is -0.631. The van der Waals surface area contributed by atoms with Gasteiger partial charge in [0.05, 0.1) is 44.4 Å². The first-order chi connectivity index (χ1) is 17.8. The molecular weight excluding hydrogens is 499 g/mol. The van der Waals surface area contributed by atoms with E-state index in [4.69, 9.17) is 14.9 Å². The van der Waals surface area contributed by atoms with E-state index in [1.807, 2.05) is 12.5 Å². The number of urea groups is 1. The van der Waals surface area contributed by atoms with E-state index in [1.54, 1.807) is 43.6 Å². The number of rotatable bonds is 8. The van der Waals surface area contributed by atoms with Gasteiger partial charge >= 0.3 is 6.03 Å². The summed E-state index contributed by atoms with van der Waals surface area (Å²) in [4.78, 5) is 25.1. The van der Waals surface area contributed by atoms with Gasteiger partial charge in [-0.15, -0.1) is 8.58 Å². The number of anilines is 2. The van der Waals surface area contributed by atoms with E-state index in [-0.39, 0.29) is 24.6 Å². The number of carbonyl (C=O) groups is 1. The van der Waals surface area contributed by atoms with Gasteiger partial charge in [0.1, 0.15) is 5.69 Å². The smallest absolute Gasteiger partial charge is 0.329 e. The topological polar surface area (TPSA) is 91.6 Å². The number of benzene rings is 1. The Morgan fingerprint density at radius 3 is 2.43 bits per heavy atom. The molecule has 0 aliphatic carbocycles. The number of hydrogen-bond acceptors (Lipinski definition) is 6. The van der Waals surface area contributed by atoms with Crippen LogP contribution in [-0.4, -0.2) is 42.6 Å². The van der Waals surface area contributed by atoms with E-state index < -0.39 is 23.4 Å². The molecule has 1 atom stereocenters. The molecule has 1 aliphatic heterocycles. The summed E-state index contributed by atoms with van der Waals surface area (Å²) in [6.07, 6.45) is 3.17. The van der Waals surface area contributed by atoms with Gasteiger partial charge < -0.3 is 14.9 Å². The van der Waals surface area contributed by atoms with E-state index >= 15 is 8.78 Å². The molecule has 0 spiro atoms. The Hall–Kier alpha value is -3.91. The number of pyridine rings is 2. The SMILES string of the molecule is COc1cc(OC)c(F)c(N2Cc3cnc(/C(=C/PC)C(C)=N)cc3N(Cc3ccccn3)C2=O)c1F. The first-order valence-electron chi connectivity index (χ1n) is 11.3. The highest BCUT2D eigenvalue weighted by Gasteiger charge is 2.37. The number of methoxy groups -OCH3 is 2. The lowest BCUT2D eigenvalue weighted by Crippen LogP contribution is -2.48. The predicted octanol–water partition coefficient (Wildman–Crippen LogP) is 5.61. The van der Waals surface area contributed by atoms with Crippen LogP contribution in [0.5, 0.6) is 11.5 Å². The van der Waals surface area contributed by atoms with Gasteiger partial charge in [0.15, 0.2) is 23.1 Å². The molecule has 1 aliphatic rings. The number of halogens is 2. The van der Waals surface area contributed by atoms with Crippen LogP contribution < -0.4 is 19.3 Å². The van der Waals surface area contributed by atoms with E-state index in [2.05, 4.69) is 9.97 Å². The molecule has 11 heteroatoms. The Morgan fingerprint density at radius 1 is 1.16 bits per heavy atom. The number of fused-ring (bicyclic) bond motifs is 1. The van der Waals surface area contributed by atoms with Crippen molar-refractivity contribution < 1.29 is 23.0 Å². The zero-order valence-corrected chi connectivity index (χ0v) is 21.8. The van der Waals surface area contributed by atoms with Gasteiger partial charge in [-0.3, -0.25) is 19.8 Å². The van der Waals surface area contributed by atoms with Crippen molar-refractivity contribution in [1.29, 1.82) is 5.41 Å². The molecule has 0 saturated heterocycles. The lowest BCUT2D eigenvalue weighted by atomic mass is 10.0. The van der Waals surface area contributed by atoms with Crippen molar-refractivity contribution in [2.24, 2.45) is 0 Å². The first kappa shape index (κ1) is 26.2. The molecule has 0 fully saturated rings. The molecule has 0 saturated carbocycles. The number of nitrogens with zero attached hydrogens (tertiary/aromatic N) is 4. The lowest BCUT2D eigenvalue weighted by molar-refractivity contribution is 0.249. The van der Waals surface area contributed by atoms with E-state index in [9.17, 15) is 4.79 Å². The normalized spacial score (nSPS) is 13.8. The molecule has 3 aromatic rings. The average molecular weight is 525 g/mol. The second kappa shape index (κ2) is 11.0. The van der Waals surface area contributed by atoms with Crippen LogP contribution in [0.3, 0.4) is 0 Å². The van der Waals surface area contributed by atoms with Crippen LogP contribution >= 0.6 is 8.58 Å². The van der Waals surface area contributed by atoms with Gasteiger partial charge in [0.2, 0.25) is 0 Å². The van der Waals surface area contributed by atoms with Crippen molar-refractivity contribution in [2.75, 3.05) is 30.7 Å². The van der Waals surface area contributed by atoms with Gasteiger partial charge in [-0.05, 0) is 31.8 Å². The molecule has 2 aromatic heterocycles. The lowest BCUT2D eigenvalue weighted by Gasteiger charge is -2.37. The minimum absolute atomic E-state index is 0.0507. The quantitative estimate of drug-likeness (QED) is 0.305. The third kappa shape index (κ3) is 5.02. The highest BCUT2D eigenvalue weighted by Crippen LogP contribution is 2.41. The fraction of sp³-hybridized carbons (Fsp3) is 0.231. The molecule has 8 nitrogen and oxygen atoms in total. The van der Waals surface area contributed by atoms with Crippen LogP contribution in [0.15, 0.2) is 48.5 Å². The second-order valence-electron chi connectivity index (χ2n) is 8.20. The molecule has 4 rings (SSSR count). The van der Waals surface area contributed by atoms with Crippen LogP contribution in [0.1, 0.15) is 23.9 Å². The molecule has 3 heterocycles. The van der Waals surface area contributed by atoms with Gasteiger partial charge in [0, 0.05) is 35.3 Å². The summed E-state index contributed by atoms with van der Waals surface area (Å²) in [5.41, 5.74) is 2.64. The first-order valence-corrected chi connectivity index (χ1v) is 12.9. The molecule has 192 valence electrons. The van der Waals surface area contributed by atoms with Crippen LogP contribution in [0.25, 0.3) is 5.57 Å². The van der Waals surface area contributed by atoms with Gasteiger partial charge in [-0.25, -0.2) is 13.6 Å². The molecule has 0 radical (unpaired) electrons. The molecule has 2 amide bonds. The van der Waals surface area contributed by atoms with Crippen LogP contribution in [0.4, 0.5) is 25.0 Å². The molecular formula is C26H26F2N5O3P. The molecule has 1 aromatic carbocycles. The van der Waals surface area contributed by atoms with Crippen molar-refractivity contribution in [3.05, 3.63) is 77.1 Å². The maximum Gasteiger partial charge on any atom is 0.329 e. The standard InChI is InChI=1S/C26H26F2N5O3P/c1-15(29)18(14-37-4)19-9-20-16(11-31-19)12-33(26(34)32(20)13-17-7-5-6-8-30-17)25-23(27)21(35-2)10-22(36-3)24(25)28/h5-11,14,29,37H,12-13H2,1-4H3/b18-14+,29-15?. The van der Waals surface area contributed by atoms with Gasteiger partial charge in [-0.2, -0.15) is 0 Å². The summed E-state index contributed by atoms with van der Waals surface area (Å²) in [6, 6.07) is 7.48. The van der Waals surface area contributed by atoms with Crippen molar-refractivity contribution in [3.8, 4) is 11.5 Å². The maximum atomic E-state index is 15.4. The number of aromatic nitrogens is 2. The second-order valence-corrected chi connectivity index (χ2v) is 9.07. The van der Waals surface area contributed by atoms with Gasteiger partial charge in [-0.1, -0.05) is 11.9 Å². The van der Waals surface area contributed by atoms with Gasteiger partial charge in [0.25, 0.3) is 0 Å². The molecule has 0 bridgehead atoms. The minimum atomic E-state index is -1.02. The van der Waals surface area contributed by atoms with Crippen molar-refractivity contribution >= 4 is 37.3 Å². The van der Waals surface area contributed by atoms with Crippen LogP contribution in [0.2, 0.25) is 0 Å². The molecule has 37 heavy (non-hydrogen) atoms. The third-order valence-electron chi connectivity index (χ3n) is 5.88. The Labute approximate surface area is 215 Å². The number of amides is 2. The highest BCUT2D eigenvalue weighted by molar-refractivity contribution is 7.41. The summed E-state index contributed by atoms with van der Waals surface area (Å²) < 4.78 is 40.9. The van der Waals surface area contributed by atoms with Crippen LogP contribution in [0, 0.1) is 17.0 Å². The average Bonchev–Trinajstić information content (AvgIpc) is 2.90. The summed E-state index contributed by atoms with van der Waals surface area (Å²) in [6.45, 7) is 3.58. The minimum Gasteiger partial charge on any atom is -0.493 e. The number of allylic oxidation sites excluding steroid dienone is 1. The summed E-state index contributed by atoms with van der Waals surface area (Å²) >= 11 is 0. The van der Waals surface area contributed by atoms with Crippen molar-refractivity contribution in [2.45, 2.75) is 20.0 Å². The number of ether oxygens (including phenoxy) is 2. The number of hydrogen-bond donors (Lipinski definition) is 1. The van der Waals surface area contributed by atoms with E-state index in [0.29, 0.717) is 42.5 Å². The number of carbonyl (C=O) groups excluding carboxylic acids is 1. The molecule has 1 unspecified atom stereocenters. The monoisotopic (exact) mass is 525 g/mol. The van der Waals surface area contributed by atoms with Crippen molar-refractivity contribution in [3.63, 3.8) is 0 Å². The highest BCUT2D eigenvalue weighted by atomic mass is 31.1.